The van der Waals surface area contributed by atoms with Crippen LogP contribution in [-0.2, 0) is 4.79 Å². The second-order valence-electron chi connectivity index (χ2n) is 6.20. The number of nitrogens with zero attached hydrogens (tertiary/aromatic N) is 1. The molecular formula is C20H21N3O3S. The van der Waals surface area contributed by atoms with E-state index in [9.17, 15) is 14.4 Å². The maximum Gasteiger partial charge on any atom is 0.265 e. The normalized spacial score (nSPS) is 16.0. The molecule has 0 spiro atoms. The van der Waals surface area contributed by atoms with Gasteiger partial charge in [0.05, 0.1) is 4.88 Å². The van der Waals surface area contributed by atoms with E-state index in [1.54, 1.807) is 41.3 Å². The third-order valence-electron chi connectivity index (χ3n) is 4.37. The van der Waals surface area contributed by atoms with Crippen LogP contribution in [0.25, 0.3) is 0 Å². The number of benzene rings is 1. The van der Waals surface area contributed by atoms with Crippen LogP contribution < -0.4 is 10.6 Å². The van der Waals surface area contributed by atoms with Gasteiger partial charge >= 0.3 is 0 Å². The first-order chi connectivity index (χ1) is 13.1. The van der Waals surface area contributed by atoms with Gasteiger partial charge in [-0.25, -0.2) is 0 Å². The molecule has 1 saturated heterocycles. The Balaban J connectivity index is 1.65. The average molecular weight is 383 g/mol. The lowest BCUT2D eigenvalue weighted by molar-refractivity contribution is -0.124. The monoisotopic (exact) mass is 383 g/mol. The molecule has 0 saturated carbocycles. The van der Waals surface area contributed by atoms with Gasteiger partial charge in [0.25, 0.3) is 11.8 Å². The number of hydrogen-bond donors (Lipinski definition) is 2. The van der Waals surface area contributed by atoms with E-state index >= 15 is 0 Å². The molecule has 7 heteroatoms. The highest BCUT2D eigenvalue weighted by Gasteiger charge is 2.34. The lowest BCUT2D eigenvalue weighted by Crippen LogP contribution is -2.46. The molecule has 2 heterocycles. The second kappa shape index (κ2) is 8.64. The van der Waals surface area contributed by atoms with E-state index < -0.39 is 6.04 Å². The van der Waals surface area contributed by atoms with E-state index in [0.717, 1.165) is 6.42 Å². The van der Waals surface area contributed by atoms with Crippen LogP contribution in [0.3, 0.4) is 0 Å². The molecule has 2 aromatic rings. The van der Waals surface area contributed by atoms with Crippen molar-refractivity contribution >= 4 is 34.7 Å². The lowest BCUT2D eigenvalue weighted by atomic mass is 10.1. The second-order valence-corrected chi connectivity index (χ2v) is 7.15. The van der Waals surface area contributed by atoms with Gasteiger partial charge in [0.15, 0.2) is 0 Å². The summed E-state index contributed by atoms with van der Waals surface area (Å²) in [6.45, 7) is 4.52. The molecule has 1 fully saturated rings. The number of hydrogen-bond acceptors (Lipinski definition) is 4. The first-order valence-electron chi connectivity index (χ1n) is 8.74. The van der Waals surface area contributed by atoms with Gasteiger partial charge < -0.3 is 15.5 Å². The number of carbonyl (C=O) groups is 3. The van der Waals surface area contributed by atoms with Crippen molar-refractivity contribution in [2.75, 3.05) is 18.4 Å². The topological polar surface area (TPSA) is 78.5 Å². The van der Waals surface area contributed by atoms with Crippen LogP contribution in [0.1, 0.15) is 32.9 Å². The molecule has 3 amide bonds. The number of carbonyl (C=O) groups excluding carboxylic acids is 3. The first kappa shape index (κ1) is 18.8. The molecule has 0 bridgehead atoms. The van der Waals surface area contributed by atoms with Crippen LogP contribution in [0.15, 0.2) is 54.4 Å². The fourth-order valence-electron chi connectivity index (χ4n) is 3.04. The highest BCUT2D eigenvalue weighted by atomic mass is 32.1. The number of rotatable bonds is 6. The molecule has 1 aromatic heterocycles. The van der Waals surface area contributed by atoms with E-state index in [4.69, 9.17) is 0 Å². The van der Waals surface area contributed by atoms with E-state index in [2.05, 4.69) is 17.2 Å². The Hall–Kier alpha value is -2.93. The maximum atomic E-state index is 12.8. The fourth-order valence-corrected chi connectivity index (χ4v) is 3.65. The summed E-state index contributed by atoms with van der Waals surface area (Å²) in [5.41, 5.74) is 1.11. The molecule has 1 aliphatic rings. The van der Waals surface area contributed by atoms with Crippen molar-refractivity contribution < 1.29 is 14.4 Å². The predicted octanol–water partition coefficient (Wildman–Crippen LogP) is 2.91. The molecule has 3 rings (SSSR count). The summed E-state index contributed by atoms with van der Waals surface area (Å²) >= 11 is 1.37. The van der Waals surface area contributed by atoms with Crippen molar-refractivity contribution in [1.29, 1.82) is 0 Å². The number of amides is 3. The molecule has 6 nitrogen and oxygen atoms in total. The van der Waals surface area contributed by atoms with Crippen molar-refractivity contribution in [2.24, 2.45) is 0 Å². The lowest BCUT2D eigenvalue weighted by Gasteiger charge is -2.24. The highest BCUT2D eigenvalue weighted by Crippen LogP contribution is 2.21. The van der Waals surface area contributed by atoms with Gasteiger partial charge in [-0.3, -0.25) is 14.4 Å². The van der Waals surface area contributed by atoms with Gasteiger partial charge in [0.2, 0.25) is 5.91 Å². The number of likely N-dealkylation sites (tertiary alicyclic amines) is 1. The fraction of sp³-hybridized carbons (Fsp3) is 0.250. The molecule has 2 N–H and O–H groups in total. The Kier molecular flexibility index (Phi) is 6.03. The standard InChI is InChI=1S/C20H21N3O3S/c1-2-11-21-18(24)16-5-3-12-23(16)20(26)14-7-9-15(10-8-14)22-19(25)17-6-4-13-27-17/h2,4,6-10,13,16H,1,3,5,11-12H2,(H,21,24)(H,22,25)/t16-/m0/s1. The molecule has 0 aliphatic carbocycles. The molecule has 1 aliphatic heterocycles. The predicted molar refractivity (Wildman–Crippen MR) is 106 cm³/mol. The molecule has 1 aromatic carbocycles. The van der Waals surface area contributed by atoms with Crippen LogP contribution in [0.4, 0.5) is 5.69 Å². The van der Waals surface area contributed by atoms with Crippen molar-refractivity contribution in [2.45, 2.75) is 18.9 Å². The summed E-state index contributed by atoms with van der Waals surface area (Å²) < 4.78 is 0. The van der Waals surface area contributed by atoms with Gasteiger partial charge in [0.1, 0.15) is 6.04 Å². The van der Waals surface area contributed by atoms with E-state index in [1.165, 1.54) is 11.3 Å². The Morgan fingerprint density at radius 1 is 1.22 bits per heavy atom. The minimum absolute atomic E-state index is 0.152. The molecule has 0 radical (unpaired) electrons. The smallest absolute Gasteiger partial charge is 0.265 e. The van der Waals surface area contributed by atoms with E-state index in [0.29, 0.717) is 35.6 Å². The van der Waals surface area contributed by atoms with Gasteiger partial charge in [-0.1, -0.05) is 12.1 Å². The molecular weight excluding hydrogens is 362 g/mol. The van der Waals surface area contributed by atoms with Crippen LogP contribution in [-0.4, -0.2) is 41.8 Å². The first-order valence-corrected chi connectivity index (χ1v) is 9.62. The molecule has 0 unspecified atom stereocenters. The quantitative estimate of drug-likeness (QED) is 0.753. The molecule has 27 heavy (non-hydrogen) atoms. The molecule has 1 atom stereocenters. The Morgan fingerprint density at radius 2 is 2.00 bits per heavy atom. The summed E-state index contributed by atoms with van der Waals surface area (Å²) in [4.78, 5) is 39.3. The van der Waals surface area contributed by atoms with Crippen molar-refractivity contribution in [3.63, 3.8) is 0 Å². The third-order valence-corrected chi connectivity index (χ3v) is 5.24. The average Bonchev–Trinajstić information content (AvgIpc) is 3.38. The minimum Gasteiger partial charge on any atom is -0.351 e. The van der Waals surface area contributed by atoms with Crippen molar-refractivity contribution in [3.05, 3.63) is 64.9 Å². The van der Waals surface area contributed by atoms with Gasteiger partial charge in [-0.15, -0.1) is 17.9 Å². The maximum absolute atomic E-state index is 12.8. The summed E-state index contributed by atoms with van der Waals surface area (Å²) in [6.07, 6.45) is 3.07. The number of anilines is 1. The Labute approximate surface area is 161 Å². The number of nitrogens with one attached hydrogen (secondary N) is 2. The van der Waals surface area contributed by atoms with Crippen molar-refractivity contribution in [1.82, 2.24) is 10.2 Å². The summed E-state index contributed by atoms with van der Waals surface area (Å²) in [5, 5.41) is 7.40. The van der Waals surface area contributed by atoms with Crippen molar-refractivity contribution in [3.8, 4) is 0 Å². The van der Waals surface area contributed by atoms with E-state index in [1.807, 2.05) is 11.4 Å². The van der Waals surface area contributed by atoms with Crippen LogP contribution in [0.2, 0.25) is 0 Å². The Bertz CT molecular complexity index is 831. The third kappa shape index (κ3) is 4.43. The van der Waals surface area contributed by atoms with E-state index in [-0.39, 0.29) is 17.7 Å². The zero-order chi connectivity index (χ0) is 19.2. The SMILES string of the molecule is C=CCNC(=O)[C@@H]1CCCN1C(=O)c1ccc(NC(=O)c2cccs2)cc1. The zero-order valence-electron chi connectivity index (χ0n) is 14.8. The summed E-state index contributed by atoms with van der Waals surface area (Å²) in [5.74, 6) is -0.509. The molecule has 140 valence electrons. The van der Waals surface area contributed by atoms with Crippen LogP contribution in [0.5, 0.6) is 0 Å². The zero-order valence-corrected chi connectivity index (χ0v) is 15.6. The van der Waals surface area contributed by atoms with Crippen LogP contribution >= 0.6 is 11.3 Å². The van der Waals surface area contributed by atoms with Gasteiger partial charge in [-0.05, 0) is 48.6 Å². The minimum atomic E-state index is -0.448. The van der Waals surface area contributed by atoms with Gasteiger partial charge in [-0.2, -0.15) is 0 Å². The van der Waals surface area contributed by atoms with Crippen LogP contribution in [0, 0.1) is 0 Å². The number of thiophene rings is 1. The summed E-state index contributed by atoms with van der Waals surface area (Å²) in [6, 6.07) is 9.85. The Morgan fingerprint density at radius 3 is 2.67 bits per heavy atom. The highest BCUT2D eigenvalue weighted by molar-refractivity contribution is 7.12. The van der Waals surface area contributed by atoms with Gasteiger partial charge in [0, 0.05) is 24.3 Å². The summed E-state index contributed by atoms with van der Waals surface area (Å²) in [7, 11) is 0. The largest absolute Gasteiger partial charge is 0.351 e.